The molecule has 0 aliphatic carbocycles. The van der Waals surface area contributed by atoms with Crippen molar-refractivity contribution >= 4 is 11.3 Å². The molecule has 0 spiro atoms. The summed E-state index contributed by atoms with van der Waals surface area (Å²) in [6, 6.07) is 7.45. The van der Waals surface area contributed by atoms with Crippen LogP contribution in [0.2, 0.25) is 0 Å². The third kappa shape index (κ3) is 2.43. The molecule has 3 N–H and O–H groups in total. The van der Waals surface area contributed by atoms with E-state index in [1.807, 2.05) is 19.1 Å². The van der Waals surface area contributed by atoms with Gasteiger partial charge in [-0.3, -0.25) is 5.84 Å². The minimum atomic E-state index is -0.861. The van der Waals surface area contributed by atoms with E-state index in [4.69, 9.17) is 5.84 Å². The minimum absolute atomic E-state index is 0.224. The first-order valence-corrected chi connectivity index (χ1v) is 6.47. The number of rotatable bonds is 4. The van der Waals surface area contributed by atoms with Crippen LogP contribution < -0.4 is 11.3 Å². The Balaban J connectivity index is 2.41. The second-order valence-corrected chi connectivity index (χ2v) is 5.10. The fourth-order valence-electron chi connectivity index (χ4n) is 1.81. The molecule has 1 atom stereocenters. The molecule has 96 valence electrons. The lowest BCUT2D eigenvalue weighted by molar-refractivity contribution is 0.484. The van der Waals surface area contributed by atoms with Gasteiger partial charge in [-0.2, -0.15) is 0 Å². The van der Waals surface area contributed by atoms with Gasteiger partial charge < -0.3 is 0 Å². The number of aryl methyl sites for hydroxylation is 1. The number of nitrogens with two attached hydrogens (primary N) is 1. The van der Waals surface area contributed by atoms with Gasteiger partial charge in [-0.05, 0) is 24.6 Å². The Morgan fingerprint density at radius 1 is 1.28 bits per heavy atom. The fourth-order valence-corrected chi connectivity index (χ4v) is 2.84. The van der Waals surface area contributed by atoms with Gasteiger partial charge in [0.25, 0.3) is 0 Å². The third-order valence-corrected chi connectivity index (χ3v) is 4.07. The molecule has 0 fully saturated rings. The molecule has 18 heavy (non-hydrogen) atoms. The van der Waals surface area contributed by atoms with Crippen LogP contribution in [0.4, 0.5) is 8.78 Å². The van der Waals surface area contributed by atoms with E-state index in [0.29, 0.717) is 0 Å². The maximum absolute atomic E-state index is 13.7. The first-order valence-electron chi connectivity index (χ1n) is 5.66. The monoisotopic (exact) mass is 268 g/mol. The van der Waals surface area contributed by atoms with Gasteiger partial charge in [0.15, 0.2) is 11.6 Å². The Hall–Kier alpha value is -1.30. The summed E-state index contributed by atoms with van der Waals surface area (Å²) >= 11 is 1.54. The van der Waals surface area contributed by atoms with E-state index in [1.165, 1.54) is 17.0 Å². The van der Waals surface area contributed by atoms with Crippen molar-refractivity contribution in [1.29, 1.82) is 0 Å². The molecule has 0 aliphatic rings. The SMILES string of the molecule is CCc1ccc(C(NN)c2cccc(F)c2F)s1. The van der Waals surface area contributed by atoms with Crippen molar-refractivity contribution in [2.45, 2.75) is 19.4 Å². The lowest BCUT2D eigenvalue weighted by atomic mass is 10.1. The predicted molar refractivity (Wildman–Crippen MR) is 69.2 cm³/mol. The predicted octanol–water partition coefficient (Wildman–Crippen LogP) is 3.14. The van der Waals surface area contributed by atoms with Gasteiger partial charge in [-0.15, -0.1) is 11.3 Å². The summed E-state index contributed by atoms with van der Waals surface area (Å²) in [5.74, 6) is 3.76. The fraction of sp³-hybridized carbons (Fsp3) is 0.231. The van der Waals surface area contributed by atoms with E-state index in [2.05, 4.69) is 5.43 Å². The van der Waals surface area contributed by atoms with Crippen LogP contribution in [0, 0.1) is 11.6 Å². The lowest BCUT2D eigenvalue weighted by Gasteiger charge is -2.15. The van der Waals surface area contributed by atoms with Gasteiger partial charge in [0.1, 0.15) is 0 Å². The molecule has 1 heterocycles. The Kier molecular flexibility index (Phi) is 4.06. The Bertz CT molecular complexity index is 540. The van der Waals surface area contributed by atoms with Gasteiger partial charge >= 0.3 is 0 Å². The highest BCUT2D eigenvalue weighted by Crippen LogP contribution is 2.30. The molecular formula is C13H14F2N2S. The van der Waals surface area contributed by atoms with Gasteiger partial charge in [-0.25, -0.2) is 14.2 Å². The van der Waals surface area contributed by atoms with Crippen LogP contribution in [0.1, 0.15) is 28.3 Å². The average Bonchev–Trinajstić information content (AvgIpc) is 2.84. The molecule has 0 saturated heterocycles. The Labute approximate surface area is 108 Å². The number of hydrogen-bond acceptors (Lipinski definition) is 3. The van der Waals surface area contributed by atoms with E-state index >= 15 is 0 Å². The van der Waals surface area contributed by atoms with Crippen LogP contribution in [-0.4, -0.2) is 0 Å². The number of hydrazine groups is 1. The molecule has 0 amide bonds. The summed E-state index contributed by atoms with van der Waals surface area (Å²) < 4.78 is 27.0. The van der Waals surface area contributed by atoms with Crippen LogP contribution >= 0.6 is 11.3 Å². The average molecular weight is 268 g/mol. The zero-order chi connectivity index (χ0) is 13.1. The van der Waals surface area contributed by atoms with Gasteiger partial charge in [0.2, 0.25) is 0 Å². The molecule has 5 heteroatoms. The maximum Gasteiger partial charge on any atom is 0.164 e. The van der Waals surface area contributed by atoms with E-state index < -0.39 is 17.7 Å². The van der Waals surface area contributed by atoms with E-state index in [9.17, 15) is 8.78 Å². The largest absolute Gasteiger partial charge is 0.271 e. The van der Waals surface area contributed by atoms with Crippen LogP contribution in [0.3, 0.4) is 0 Å². The summed E-state index contributed by atoms with van der Waals surface area (Å²) in [4.78, 5) is 2.06. The van der Waals surface area contributed by atoms with E-state index in [-0.39, 0.29) is 5.56 Å². The molecule has 0 bridgehead atoms. The molecular weight excluding hydrogens is 254 g/mol. The highest BCUT2D eigenvalue weighted by Gasteiger charge is 2.20. The van der Waals surface area contributed by atoms with Gasteiger partial charge in [-0.1, -0.05) is 19.1 Å². The lowest BCUT2D eigenvalue weighted by Crippen LogP contribution is -2.29. The van der Waals surface area contributed by atoms with Gasteiger partial charge in [0.05, 0.1) is 6.04 Å². The third-order valence-electron chi connectivity index (χ3n) is 2.77. The Morgan fingerprint density at radius 3 is 2.67 bits per heavy atom. The van der Waals surface area contributed by atoms with Crippen molar-refractivity contribution in [3.63, 3.8) is 0 Å². The van der Waals surface area contributed by atoms with Crippen molar-refractivity contribution in [2.24, 2.45) is 5.84 Å². The second-order valence-electron chi connectivity index (χ2n) is 3.90. The molecule has 2 nitrogen and oxygen atoms in total. The number of thiophene rings is 1. The van der Waals surface area contributed by atoms with Crippen molar-refractivity contribution in [3.8, 4) is 0 Å². The molecule has 0 saturated carbocycles. The van der Waals surface area contributed by atoms with Crippen LogP contribution in [-0.2, 0) is 6.42 Å². The summed E-state index contributed by atoms with van der Waals surface area (Å²) in [6.45, 7) is 2.04. The molecule has 2 aromatic rings. The number of benzene rings is 1. The summed E-state index contributed by atoms with van der Waals surface area (Å²) in [7, 11) is 0. The molecule has 0 radical (unpaired) electrons. The van der Waals surface area contributed by atoms with Crippen molar-refractivity contribution in [2.75, 3.05) is 0 Å². The summed E-state index contributed by atoms with van der Waals surface area (Å²) in [6.07, 6.45) is 0.910. The Morgan fingerprint density at radius 2 is 2.06 bits per heavy atom. The number of nitrogens with one attached hydrogen (secondary N) is 1. The van der Waals surface area contributed by atoms with E-state index in [1.54, 1.807) is 11.3 Å². The minimum Gasteiger partial charge on any atom is -0.271 e. The molecule has 0 aliphatic heterocycles. The summed E-state index contributed by atoms with van der Waals surface area (Å²) in [5.41, 5.74) is 2.77. The van der Waals surface area contributed by atoms with E-state index in [0.717, 1.165) is 17.4 Å². The smallest absolute Gasteiger partial charge is 0.164 e. The molecule has 1 aromatic heterocycles. The maximum atomic E-state index is 13.7. The van der Waals surface area contributed by atoms with Crippen LogP contribution in [0.5, 0.6) is 0 Å². The standard InChI is InChI=1S/C13H14F2N2S/c1-2-8-6-7-11(18-8)13(17-16)9-4-3-5-10(14)12(9)15/h3-7,13,17H,2,16H2,1H3. The summed E-state index contributed by atoms with van der Waals surface area (Å²) in [5, 5.41) is 0. The highest BCUT2D eigenvalue weighted by atomic mass is 32.1. The zero-order valence-electron chi connectivity index (χ0n) is 9.91. The second kappa shape index (κ2) is 5.56. The molecule has 1 unspecified atom stereocenters. The number of hydrogen-bond donors (Lipinski definition) is 2. The first-order chi connectivity index (χ1) is 8.67. The normalized spacial score (nSPS) is 12.7. The van der Waals surface area contributed by atoms with Crippen molar-refractivity contribution < 1.29 is 8.78 Å². The number of halogens is 2. The van der Waals surface area contributed by atoms with Crippen molar-refractivity contribution in [1.82, 2.24) is 5.43 Å². The zero-order valence-corrected chi connectivity index (χ0v) is 10.7. The topological polar surface area (TPSA) is 38.0 Å². The van der Waals surface area contributed by atoms with Gasteiger partial charge in [0, 0.05) is 15.3 Å². The highest BCUT2D eigenvalue weighted by molar-refractivity contribution is 7.12. The molecule has 1 aromatic carbocycles. The quantitative estimate of drug-likeness (QED) is 0.660. The van der Waals surface area contributed by atoms with Crippen LogP contribution in [0.15, 0.2) is 30.3 Å². The first kappa shape index (κ1) is 13.1. The molecule has 2 rings (SSSR count). The van der Waals surface area contributed by atoms with Crippen LogP contribution in [0.25, 0.3) is 0 Å². The van der Waals surface area contributed by atoms with Crippen molar-refractivity contribution in [3.05, 3.63) is 57.3 Å².